The van der Waals surface area contributed by atoms with Gasteiger partial charge in [0.1, 0.15) is 0 Å². The van der Waals surface area contributed by atoms with Gasteiger partial charge in [0.05, 0.1) is 21.7 Å². The van der Waals surface area contributed by atoms with Gasteiger partial charge in [-0.25, -0.2) is 0 Å². The lowest BCUT2D eigenvalue weighted by Crippen LogP contribution is -2.44. The Hall–Kier alpha value is -3.80. The number of hydrogen-bond acceptors (Lipinski definition) is 7. The number of hydrogen-bond donors (Lipinski definition) is 1. The summed E-state index contributed by atoms with van der Waals surface area (Å²) in [7, 11) is 1.99. The highest BCUT2D eigenvalue weighted by Crippen LogP contribution is 2.35. The highest BCUT2D eigenvalue weighted by Gasteiger charge is 2.34. The number of carbonyl (C=O) groups is 1. The van der Waals surface area contributed by atoms with Gasteiger partial charge in [0.15, 0.2) is 0 Å². The van der Waals surface area contributed by atoms with Crippen molar-refractivity contribution in [3.63, 3.8) is 0 Å². The topological polar surface area (TPSA) is 87.4 Å². The average Bonchev–Trinajstić information content (AvgIpc) is 3.41. The zero-order valence-electron chi connectivity index (χ0n) is 20.9. The van der Waals surface area contributed by atoms with Crippen LogP contribution in [0.5, 0.6) is 0 Å². The Morgan fingerprint density at radius 3 is 2.54 bits per heavy atom. The van der Waals surface area contributed by atoms with Crippen LogP contribution in [0.15, 0.2) is 65.3 Å². The highest BCUT2D eigenvalue weighted by molar-refractivity contribution is 6.33. The molecule has 8 nitrogen and oxygen atoms in total. The molecular weight excluding hydrogens is 533 g/mol. The summed E-state index contributed by atoms with van der Waals surface area (Å²) in [5, 5.41) is 10.8. The first-order chi connectivity index (χ1) is 18.7. The number of anilines is 1. The lowest BCUT2D eigenvalue weighted by atomic mass is 10.0. The minimum atomic E-state index is -4.57. The standard InChI is InChI=1S/C27H24ClF3N6O2/c1-36-9-11-37(12-10-36)16-19-4-6-20(14-22(19)27(29,30)31)33-24(38)17-5-7-23(28)21(13-17)26-35-34-25(39-26)18-3-2-8-32-15-18/h2-8,13-15H,9-12,16H2,1H3,(H,33,38). The third-order valence-electron chi connectivity index (χ3n) is 6.46. The van der Waals surface area contributed by atoms with Crippen molar-refractivity contribution < 1.29 is 22.4 Å². The quantitative estimate of drug-likeness (QED) is 0.337. The van der Waals surface area contributed by atoms with E-state index in [4.69, 9.17) is 16.0 Å². The van der Waals surface area contributed by atoms with Gasteiger partial charge in [0.25, 0.3) is 5.91 Å². The molecule has 1 amide bonds. The Kier molecular flexibility index (Phi) is 7.65. The maximum Gasteiger partial charge on any atom is 0.416 e. The minimum absolute atomic E-state index is 0.0302. The van der Waals surface area contributed by atoms with Gasteiger partial charge in [-0.15, -0.1) is 10.2 Å². The average molecular weight is 557 g/mol. The number of nitrogens with zero attached hydrogens (tertiary/aromatic N) is 5. The van der Waals surface area contributed by atoms with Crippen molar-refractivity contribution in [3.05, 3.63) is 82.6 Å². The molecule has 4 aromatic rings. The van der Waals surface area contributed by atoms with Crippen molar-refractivity contribution in [1.82, 2.24) is 25.0 Å². The number of rotatable bonds is 6. The Balaban J connectivity index is 1.35. The van der Waals surface area contributed by atoms with Crippen LogP contribution < -0.4 is 5.32 Å². The number of halogens is 4. The first kappa shape index (κ1) is 26.8. The van der Waals surface area contributed by atoms with E-state index in [1.165, 1.54) is 30.3 Å². The van der Waals surface area contributed by atoms with E-state index in [9.17, 15) is 18.0 Å². The van der Waals surface area contributed by atoms with Crippen molar-refractivity contribution in [1.29, 1.82) is 0 Å². The molecule has 1 fully saturated rings. The summed E-state index contributed by atoms with van der Waals surface area (Å²) in [6.45, 7) is 3.16. The van der Waals surface area contributed by atoms with Crippen molar-refractivity contribution in [2.24, 2.45) is 0 Å². The van der Waals surface area contributed by atoms with Crippen molar-refractivity contribution >= 4 is 23.2 Å². The van der Waals surface area contributed by atoms with Crippen LogP contribution in [0.25, 0.3) is 22.9 Å². The van der Waals surface area contributed by atoms with E-state index < -0.39 is 17.6 Å². The molecule has 0 spiro atoms. The fraction of sp³-hybridized carbons (Fsp3) is 0.259. The molecule has 0 saturated carbocycles. The number of benzene rings is 2. The second kappa shape index (κ2) is 11.1. The summed E-state index contributed by atoms with van der Waals surface area (Å²) in [5.74, 6) is -0.304. The molecule has 1 aliphatic heterocycles. The summed E-state index contributed by atoms with van der Waals surface area (Å²) in [6.07, 6.45) is -1.40. The van der Waals surface area contributed by atoms with Crippen LogP contribution in [0.3, 0.4) is 0 Å². The lowest BCUT2D eigenvalue weighted by molar-refractivity contribution is -0.138. The Morgan fingerprint density at radius 1 is 1.05 bits per heavy atom. The largest absolute Gasteiger partial charge is 0.416 e. The number of piperazine rings is 1. The summed E-state index contributed by atoms with van der Waals surface area (Å²) in [5.41, 5.74) is 0.501. The fourth-order valence-corrected chi connectivity index (χ4v) is 4.47. The first-order valence-electron chi connectivity index (χ1n) is 12.1. The van der Waals surface area contributed by atoms with Crippen LogP contribution in [0.2, 0.25) is 5.02 Å². The van der Waals surface area contributed by atoms with E-state index >= 15 is 0 Å². The zero-order valence-corrected chi connectivity index (χ0v) is 21.6. The third-order valence-corrected chi connectivity index (χ3v) is 6.79. The summed E-state index contributed by atoms with van der Waals surface area (Å²) >= 11 is 6.32. The summed E-state index contributed by atoms with van der Waals surface area (Å²) < 4.78 is 47.5. The van der Waals surface area contributed by atoms with Gasteiger partial charge >= 0.3 is 6.18 Å². The van der Waals surface area contributed by atoms with Gasteiger partial charge in [-0.3, -0.25) is 14.7 Å². The molecular formula is C27H24ClF3N6O2. The van der Waals surface area contributed by atoms with Crippen LogP contribution >= 0.6 is 11.6 Å². The number of amides is 1. The molecule has 39 heavy (non-hydrogen) atoms. The normalized spacial score (nSPS) is 14.9. The molecule has 1 N–H and O–H groups in total. The molecule has 12 heteroatoms. The van der Waals surface area contributed by atoms with Gasteiger partial charge in [-0.1, -0.05) is 17.7 Å². The van der Waals surface area contributed by atoms with Gasteiger partial charge < -0.3 is 14.6 Å². The lowest BCUT2D eigenvalue weighted by Gasteiger charge is -2.33. The van der Waals surface area contributed by atoms with Gasteiger partial charge in [0.2, 0.25) is 11.8 Å². The smallest absolute Gasteiger partial charge is 0.416 e. The van der Waals surface area contributed by atoms with Crippen LogP contribution in [-0.2, 0) is 12.7 Å². The molecule has 0 atom stereocenters. The maximum atomic E-state index is 13.9. The van der Waals surface area contributed by atoms with Crippen LogP contribution in [-0.4, -0.2) is 64.1 Å². The second-order valence-electron chi connectivity index (χ2n) is 9.25. The molecule has 2 aromatic heterocycles. The van der Waals surface area contributed by atoms with E-state index in [2.05, 4.69) is 25.4 Å². The SMILES string of the molecule is CN1CCN(Cc2ccc(NC(=O)c3ccc(Cl)c(-c4nnc(-c5cccnc5)o4)c3)cc2C(F)(F)F)CC1. The van der Waals surface area contributed by atoms with Crippen molar-refractivity contribution in [2.75, 3.05) is 38.5 Å². The first-order valence-corrected chi connectivity index (χ1v) is 12.5. The Morgan fingerprint density at radius 2 is 1.82 bits per heavy atom. The molecule has 1 saturated heterocycles. The number of nitrogens with one attached hydrogen (secondary N) is 1. The molecule has 0 bridgehead atoms. The van der Waals surface area contributed by atoms with Crippen LogP contribution in [0.4, 0.5) is 18.9 Å². The van der Waals surface area contributed by atoms with E-state index in [-0.39, 0.29) is 40.2 Å². The van der Waals surface area contributed by atoms with Crippen LogP contribution in [0, 0.1) is 0 Å². The predicted molar refractivity (Wildman–Crippen MR) is 140 cm³/mol. The third kappa shape index (κ3) is 6.27. The summed E-state index contributed by atoms with van der Waals surface area (Å²) in [4.78, 5) is 21.2. The Labute approximate surface area is 227 Å². The summed E-state index contributed by atoms with van der Waals surface area (Å²) in [6, 6.07) is 11.7. The second-order valence-corrected chi connectivity index (χ2v) is 9.66. The van der Waals surface area contributed by atoms with E-state index in [0.717, 1.165) is 19.2 Å². The van der Waals surface area contributed by atoms with E-state index in [1.54, 1.807) is 24.5 Å². The number of aromatic nitrogens is 3. The molecule has 0 aliphatic carbocycles. The monoisotopic (exact) mass is 556 g/mol. The highest BCUT2D eigenvalue weighted by atomic mass is 35.5. The fourth-order valence-electron chi connectivity index (χ4n) is 4.27. The van der Waals surface area contributed by atoms with E-state index in [0.29, 0.717) is 24.2 Å². The van der Waals surface area contributed by atoms with Crippen LogP contribution in [0.1, 0.15) is 21.5 Å². The molecule has 5 rings (SSSR count). The van der Waals surface area contributed by atoms with E-state index in [1.807, 2.05) is 11.9 Å². The van der Waals surface area contributed by atoms with Gasteiger partial charge in [-0.2, -0.15) is 13.2 Å². The molecule has 0 unspecified atom stereocenters. The molecule has 202 valence electrons. The molecule has 3 heterocycles. The van der Waals surface area contributed by atoms with Crippen molar-refractivity contribution in [3.8, 4) is 22.9 Å². The predicted octanol–water partition coefficient (Wildman–Crippen LogP) is 5.47. The maximum absolute atomic E-state index is 13.9. The van der Waals surface area contributed by atoms with Gasteiger partial charge in [-0.05, 0) is 55.1 Å². The number of carbonyl (C=O) groups excluding carboxylic acids is 1. The number of alkyl halides is 3. The van der Waals surface area contributed by atoms with Gasteiger partial charge in [0, 0.05) is 56.4 Å². The Bertz CT molecular complexity index is 1470. The molecule has 1 aliphatic rings. The number of pyridine rings is 1. The number of likely N-dealkylation sites (N-methyl/N-ethyl adjacent to an activating group) is 1. The van der Waals surface area contributed by atoms with Crippen molar-refractivity contribution in [2.45, 2.75) is 12.7 Å². The molecule has 2 aromatic carbocycles. The zero-order chi connectivity index (χ0) is 27.6. The molecule has 0 radical (unpaired) electrons. The minimum Gasteiger partial charge on any atom is -0.416 e.